The number of methoxy groups -OCH3 is 2. The summed E-state index contributed by atoms with van der Waals surface area (Å²) in [4.78, 5) is 14.1. The summed E-state index contributed by atoms with van der Waals surface area (Å²) in [6, 6.07) is 3.53. The maximum Gasteiger partial charge on any atom is 0.217 e. The number of benzene rings is 1. The van der Waals surface area contributed by atoms with Crippen molar-refractivity contribution in [3.05, 3.63) is 29.3 Å². The molecular formula is C22H33N5O4. The minimum Gasteiger partial charge on any atom is -0.502 e. The van der Waals surface area contributed by atoms with E-state index in [0.29, 0.717) is 24.0 Å². The molecule has 2 heterocycles. The number of fused-ring (bicyclic) bond motifs is 1. The van der Waals surface area contributed by atoms with Gasteiger partial charge in [-0.2, -0.15) is 0 Å². The number of aromatic nitrogens is 3. The van der Waals surface area contributed by atoms with Crippen LogP contribution in [0.15, 0.2) is 12.1 Å². The fourth-order valence-corrected chi connectivity index (χ4v) is 4.05. The molecule has 31 heavy (non-hydrogen) atoms. The first-order valence-corrected chi connectivity index (χ1v) is 10.7. The molecule has 0 saturated heterocycles. The molecule has 1 aliphatic heterocycles. The van der Waals surface area contributed by atoms with E-state index in [1.807, 2.05) is 12.1 Å². The number of amides is 1. The molecule has 1 atom stereocenters. The molecule has 1 aromatic heterocycles. The first-order chi connectivity index (χ1) is 14.8. The van der Waals surface area contributed by atoms with Gasteiger partial charge in [0.2, 0.25) is 11.7 Å². The molecule has 0 saturated carbocycles. The number of nitrogens with zero attached hydrogens (tertiary/aromatic N) is 4. The van der Waals surface area contributed by atoms with Gasteiger partial charge in [0.1, 0.15) is 5.82 Å². The van der Waals surface area contributed by atoms with Crippen LogP contribution < -0.4 is 14.8 Å². The number of hydrogen-bond donors (Lipinski definition) is 2. The van der Waals surface area contributed by atoms with E-state index in [2.05, 4.69) is 38.8 Å². The van der Waals surface area contributed by atoms with Gasteiger partial charge in [0.15, 0.2) is 17.3 Å². The van der Waals surface area contributed by atoms with Crippen molar-refractivity contribution in [1.29, 1.82) is 0 Å². The Morgan fingerprint density at radius 1 is 1.16 bits per heavy atom. The quantitative estimate of drug-likeness (QED) is 0.661. The van der Waals surface area contributed by atoms with E-state index in [4.69, 9.17) is 9.47 Å². The third-order valence-corrected chi connectivity index (χ3v) is 5.49. The molecule has 0 spiro atoms. The van der Waals surface area contributed by atoms with Crippen LogP contribution in [0, 0.1) is 5.92 Å². The molecule has 0 fully saturated rings. The van der Waals surface area contributed by atoms with Gasteiger partial charge in [0.05, 0.1) is 20.3 Å². The first kappa shape index (κ1) is 22.9. The summed E-state index contributed by atoms with van der Waals surface area (Å²) in [5, 5.41) is 22.0. The van der Waals surface area contributed by atoms with Crippen LogP contribution in [-0.4, -0.2) is 58.0 Å². The highest BCUT2D eigenvalue weighted by Crippen LogP contribution is 2.37. The monoisotopic (exact) mass is 431 g/mol. The number of carbonyl (C=O) groups is 1. The highest BCUT2D eigenvalue weighted by molar-refractivity contribution is 5.73. The molecule has 0 aliphatic carbocycles. The molecule has 2 aromatic rings. The summed E-state index contributed by atoms with van der Waals surface area (Å²) in [7, 11) is 3.06. The maximum absolute atomic E-state index is 11.7. The normalized spacial score (nSPS) is 15.3. The number of hydrogen-bond acceptors (Lipinski definition) is 7. The van der Waals surface area contributed by atoms with Crippen LogP contribution in [0.4, 0.5) is 0 Å². The van der Waals surface area contributed by atoms with Gasteiger partial charge in [-0.05, 0) is 30.0 Å². The zero-order valence-electron chi connectivity index (χ0n) is 19.0. The van der Waals surface area contributed by atoms with Gasteiger partial charge in [-0.15, -0.1) is 10.2 Å². The van der Waals surface area contributed by atoms with Crippen LogP contribution in [-0.2, 0) is 24.3 Å². The first-order valence-electron chi connectivity index (χ1n) is 10.7. The molecule has 1 aromatic carbocycles. The van der Waals surface area contributed by atoms with Gasteiger partial charge in [0, 0.05) is 39.5 Å². The number of phenolic OH excluding ortho intramolecular Hbond substituents is 1. The molecule has 3 rings (SSSR count). The van der Waals surface area contributed by atoms with Crippen LogP contribution in [0.2, 0.25) is 0 Å². The number of phenols is 1. The lowest BCUT2D eigenvalue weighted by Crippen LogP contribution is -2.31. The topological polar surface area (TPSA) is 102 Å². The lowest BCUT2D eigenvalue weighted by Gasteiger charge is -2.22. The van der Waals surface area contributed by atoms with Gasteiger partial charge in [-0.1, -0.05) is 13.8 Å². The average Bonchev–Trinajstić information content (AvgIpc) is 3.02. The van der Waals surface area contributed by atoms with Gasteiger partial charge in [-0.25, -0.2) is 0 Å². The Morgan fingerprint density at radius 3 is 2.42 bits per heavy atom. The van der Waals surface area contributed by atoms with Crippen LogP contribution >= 0.6 is 0 Å². The number of rotatable bonds is 8. The maximum atomic E-state index is 11.7. The van der Waals surface area contributed by atoms with Crippen molar-refractivity contribution in [2.75, 3.05) is 27.3 Å². The summed E-state index contributed by atoms with van der Waals surface area (Å²) in [6.45, 7) is 8.90. The number of carbonyl (C=O) groups excluding carboxylic acids is 1. The molecule has 9 heteroatoms. The van der Waals surface area contributed by atoms with E-state index in [9.17, 15) is 9.90 Å². The largest absolute Gasteiger partial charge is 0.502 e. The Bertz CT molecular complexity index is 886. The summed E-state index contributed by atoms with van der Waals surface area (Å²) in [5.74, 6) is 2.94. The highest BCUT2D eigenvalue weighted by atomic mass is 16.5. The van der Waals surface area contributed by atoms with E-state index in [1.165, 1.54) is 21.1 Å². The minimum absolute atomic E-state index is 0.00892. The van der Waals surface area contributed by atoms with Crippen LogP contribution in [0.25, 0.3) is 0 Å². The molecule has 0 radical (unpaired) electrons. The smallest absolute Gasteiger partial charge is 0.217 e. The number of ether oxygens (including phenoxy) is 2. The molecule has 9 nitrogen and oxygen atoms in total. The number of aromatic hydroxyl groups is 1. The molecule has 1 amide bonds. The summed E-state index contributed by atoms with van der Waals surface area (Å²) in [5.41, 5.74) is 1.00. The molecular weight excluding hydrogens is 398 g/mol. The second-order valence-corrected chi connectivity index (χ2v) is 8.38. The SMILES string of the molecule is COc1cc(CN2CCc3nnc(C(CC(C)C)NC(C)=O)n3CC2)cc(OC)c1O. The van der Waals surface area contributed by atoms with E-state index in [0.717, 1.165) is 49.7 Å². The predicted molar refractivity (Wildman–Crippen MR) is 116 cm³/mol. The van der Waals surface area contributed by atoms with E-state index in [1.54, 1.807) is 0 Å². The van der Waals surface area contributed by atoms with Gasteiger partial charge < -0.3 is 24.5 Å². The van der Waals surface area contributed by atoms with Crippen molar-refractivity contribution < 1.29 is 19.4 Å². The van der Waals surface area contributed by atoms with Crippen molar-refractivity contribution in [3.63, 3.8) is 0 Å². The third kappa shape index (κ3) is 5.46. The lowest BCUT2D eigenvalue weighted by molar-refractivity contribution is -0.119. The summed E-state index contributed by atoms with van der Waals surface area (Å²) >= 11 is 0. The molecule has 1 aliphatic rings. The summed E-state index contributed by atoms with van der Waals surface area (Å²) in [6.07, 6.45) is 1.59. The Balaban J connectivity index is 1.76. The zero-order chi connectivity index (χ0) is 22.5. The molecule has 2 N–H and O–H groups in total. The second-order valence-electron chi connectivity index (χ2n) is 8.38. The molecule has 170 valence electrons. The molecule has 0 bridgehead atoms. The van der Waals surface area contributed by atoms with Gasteiger partial charge >= 0.3 is 0 Å². The highest BCUT2D eigenvalue weighted by Gasteiger charge is 2.25. The van der Waals surface area contributed by atoms with Crippen LogP contribution in [0.3, 0.4) is 0 Å². The van der Waals surface area contributed by atoms with Gasteiger partial charge in [0.25, 0.3) is 0 Å². The molecule has 1 unspecified atom stereocenters. The van der Waals surface area contributed by atoms with Crippen molar-refractivity contribution in [2.45, 2.75) is 52.7 Å². The van der Waals surface area contributed by atoms with Crippen molar-refractivity contribution in [3.8, 4) is 17.2 Å². The zero-order valence-corrected chi connectivity index (χ0v) is 19.0. The Morgan fingerprint density at radius 2 is 1.84 bits per heavy atom. The minimum atomic E-state index is -0.143. The van der Waals surface area contributed by atoms with Crippen LogP contribution in [0.5, 0.6) is 17.2 Å². The third-order valence-electron chi connectivity index (χ3n) is 5.49. The fourth-order valence-electron chi connectivity index (χ4n) is 4.05. The fraction of sp³-hybridized carbons (Fsp3) is 0.591. The van der Waals surface area contributed by atoms with Crippen molar-refractivity contribution in [2.24, 2.45) is 5.92 Å². The average molecular weight is 432 g/mol. The second kappa shape index (κ2) is 10.00. The Kier molecular flexibility index (Phi) is 7.37. The van der Waals surface area contributed by atoms with E-state index < -0.39 is 0 Å². The Labute approximate surface area is 183 Å². The standard InChI is InChI=1S/C22H33N5O4/c1-14(2)10-17(23-15(3)28)22-25-24-20-6-7-26(8-9-27(20)22)13-16-11-18(30-4)21(29)19(12-16)31-5/h11-12,14,17,29H,6-10,13H2,1-5H3,(H,23,28). The van der Waals surface area contributed by atoms with Crippen molar-refractivity contribution >= 4 is 5.91 Å². The van der Waals surface area contributed by atoms with Crippen molar-refractivity contribution in [1.82, 2.24) is 25.0 Å². The van der Waals surface area contributed by atoms with Gasteiger partial charge in [-0.3, -0.25) is 9.69 Å². The van der Waals surface area contributed by atoms with Crippen LogP contribution in [0.1, 0.15) is 50.4 Å². The van der Waals surface area contributed by atoms with E-state index in [-0.39, 0.29) is 17.7 Å². The number of nitrogens with one attached hydrogen (secondary N) is 1. The Hall–Kier alpha value is -2.81. The summed E-state index contributed by atoms with van der Waals surface area (Å²) < 4.78 is 12.7. The predicted octanol–water partition coefficient (Wildman–Crippen LogP) is 2.28. The van der Waals surface area contributed by atoms with E-state index >= 15 is 0 Å². The lowest BCUT2D eigenvalue weighted by atomic mass is 10.0.